The van der Waals surface area contributed by atoms with Crippen LogP contribution in [-0.4, -0.2) is 33.1 Å². The minimum Gasteiger partial charge on any atom is -0.493 e. The summed E-state index contributed by atoms with van der Waals surface area (Å²) in [7, 11) is 4.50. The van der Waals surface area contributed by atoms with Crippen molar-refractivity contribution < 1.29 is 37.3 Å². The topological polar surface area (TPSA) is 112 Å². The highest BCUT2D eigenvalue weighted by molar-refractivity contribution is 5.96. The van der Waals surface area contributed by atoms with E-state index in [0.29, 0.717) is 52.1 Å². The zero-order valence-electron chi connectivity index (χ0n) is 25.3. The van der Waals surface area contributed by atoms with Gasteiger partial charge in [-0.15, -0.1) is 0 Å². The molecule has 0 heterocycles. The lowest BCUT2D eigenvalue weighted by Crippen LogP contribution is -2.32. The fourth-order valence-corrected chi connectivity index (χ4v) is 4.64. The number of hydrogen-bond acceptors (Lipinski definition) is 7. The van der Waals surface area contributed by atoms with Crippen molar-refractivity contribution in [3.8, 4) is 28.7 Å². The predicted octanol–water partition coefficient (Wildman–Crippen LogP) is 5.87. The molecule has 0 aliphatic carbocycles. The fourth-order valence-electron chi connectivity index (χ4n) is 4.64. The number of hydrogen-bond donors (Lipinski definition) is 2. The maximum atomic E-state index is 13.8. The number of rotatable bonds is 14. The van der Waals surface area contributed by atoms with E-state index in [0.717, 1.165) is 17.7 Å². The second-order valence-corrected chi connectivity index (χ2v) is 9.96. The molecule has 0 saturated carbocycles. The van der Waals surface area contributed by atoms with Crippen LogP contribution in [0.25, 0.3) is 0 Å². The van der Waals surface area contributed by atoms with E-state index in [4.69, 9.17) is 24.7 Å². The van der Waals surface area contributed by atoms with Gasteiger partial charge in [0.15, 0.2) is 28.9 Å². The number of carbonyl (C=O) groups is 2. The SMILES string of the molecule is COc1cc(CN(C(=O)CCC(=O)NCc2ccc(F)c(F)c2)c2ccccc2Oc2cccc(CN)c2)cc(OC)c1OC. The van der Waals surface area contributed by atoms with E-state index in [1.165, 1.54) is 32.3 Å². The Balaban J connectivity index is 1.60. The van der Waals surface area contributed by atoms with E-state index in [1.54, 1.807) is 42.5 Å². The smallest absolute Gasteiger partial charge is 0.227 e. The van der Waals surface area contributed by atoms with Gasteiger partial charge in [-0.2, -0.15) is 0 Å². The Morgan fingerprint density at radius 2 is 1.49 bits per heavy atom. The Labute approximate surface area is 260 Å². The summed E-state index contributed by atoms with van der Waals surface area (Å²) in [5.74, 6) is -0.574. The van der Waals surface area contributed by atoms with Gasteiger partial charge in [0.1, 0.15) is 5.75 Å². The standard InChI is InChI=1S/C34H35F2N3O6/c1-42-30-17-24(18-31(43-2)34(30)44-3)21-39(28-9-4-5-10-29(28)45-25-8-6-7-22(15-25)19-37)33(41)14-13-32(40)38-20-23-11-12-26(35)27(36)16-23/h4-12,15-18H,13-14,19-21,37H2,1-3H3,(H,38,40). The normalized spacial score (nSPS) is 10.6. The zero-order chi connectivity index (χ0) is 32.3. The third-order valence-corrected chi connectivity index (χ3v) is 6.92. The number of methoxy groups -OCH3 is 3. The van der Waals surface area contributed by atoms with Gasteiger partial charge in [0, 0.05) is 25.9 Å². The van der Waals surface area contributed by atoms with Crippen molar-refractivity contribution in [2.24, 2.45) is 5.73 Å². The van der Waals surface area contributed by atoms with Gasteiger partial charge < -0.3 is 34.9 Å². The molecule has 0 unspecified atom stereocenters. The molecule has 4 rings (SSSR count). The second-order valence-electron chi connectivity index (χ2n) is 9.96. The van der Waals surface area contributed by atoms with Crippen molar-refractivity contribution in [1.29, 1.82) is 0 Å². The molecule has 4 aromatic carbocycles. The minimum atomic E-state index is -1.00. The largest absolute Gasteiger partial charge is 0.493 e. The number of benzene rings is 4. The molecule has 0 radical (unpaired) electrons. The van der Waals surface area contributed by atoms with Crippen LogP contribution in [0.2, 0.25) is 0 Å². The van der Waals surface area contributed by atoms with Crippen LogP contribution in [0.15, 0.2) is 78.9 Å². The summed E-state index contributed by atoms with van der Waals surface area (Å²) in [5, 5.41) is 2.65. The van der Waals surface area contributed by atoms with Crippen LogP contribution in [-0.2, 0) is 29.2 Å². The Kier molecular flexibility index (Phi) is 11.3. The first-order valence-electron chi connectivity index (χ1n) is 14.1. The van der Waals surface area contributed by atoms with Crippen molar-refractivity contribution in [2.75, 3.05) is 26.2 Å². The van der Waals surface area contributed by atoms with Gasteiger partial charge >= 0.3 is 0 Å². The summed E-state index contributed by atoms with van der Waals surface area (Å²) in [6.07, 6.45) is -0.291. The van der Waals surface area contributed by atoms with Crippen LogP contribution in [0.1, 0.15) is 29.5 Å². The number of nitrogens with zero attached hydrogens (tertiary/aromatic N) is 1. The first-order chi connectivity index (χ1) is 21.8. The monoisotopic (exact) mass is 619 g/mol. The molecule has 0 aliphatic rings. The minimum absolute atomic E-state index is 0.0160. The van der Waals surface area contributed by atoms with Crippen molar-refractivity contribution >= 4 is 17.5 Å². The summed E-state index contributed by atoms with van der Waals surface area (Å²) < 4.78 is 49.5. The number of nitrogens with one attached hydrogen (secondary N) is 1. The van der Waals surface area contributed by atoms with E-state index in [1.807, 2.05) is 18.2 Å². The van der Waals surface area contributed by atoms with Gasteiger partial charge in [-0.25, -0.2) is 8.78 Å². The first kappa shape index (κ1) is 32.7. The quantitative estimate of drug-likeness (QED) is 0.182. The van der Waals surface area contributed by atoms with Crippen molar-refractivity contribution in [3.63, 3.8) is 0 Å². The molecule has 0 spiro atoms. The molecule has 2 amide bonds. The molecule has 236 valence electrons. The Bertz CT molecular complexity index is 1620. The molecule has 4 aromatic rings. The summed E-state index contributed by atoms with van der Waals surface area (Å²) in [6, 6.07) is 21.3. The molecule has 11 heteroatoms. The maximum absolute atomic E-state index is 13.8. The Hall–Kier alpha value is -5.16. The average Bonchev–Trinajstić information content (AvgIpc) is 3.06. The van der Waals surface area contributed by atoms with Gasteiger partial charge in [0.05, 0.1) is 33.6 Å². The van der Waals surface area contributed by atoms with Gasteiger partial charge in [-0.3, -0.25) is 9.59 Å². The van der Waals surface area contributed by atoms with Crippen LogP contribution in [0.4, 0.5) is 14.5 Å². The van der Waals surface area contributed by atoms with Gasteiger partial charge in [0.25, 0.3) is 0 Å². The van der Waals surface area contributed by atoms with Gasteiger partial charge in [-0.1, -0.05) is 30.3 Å². The predicted molar refractivity (Wildman–Crippen MR) is 166 cm³/mol. The number of ether oxygens (including phenoxy) is 4. The molecular formula is C34H35F2N3O6. The van der Waals surface area contributed by atoms with E-state index < -0.39 is 17.5 Å². The molecule has 0 saturated heterocycles. The van der Waals surface area contributed by atoms with Crippen LogP contribution in [0.5, 0.6) is 28.7 Å². The van der Waals surface area contributed by atoms with Gasteiger partial charge in [-0.05, 0) is 65.2 Å². The molecule has 0 aromatic heterocycles. The van der Waals surface area contributed by atoms with E-state index in [9.17, 15) is 18.4 Å². The van der Waals surface area contributed by atoms with Crippen LogP contribution >= 0.6 is 0 Å². The van der Waals surface area contributed by atoms with Crippen LogP contribution < -0.4 is 34.9 Å². The number of halogens is 2. The lowest BCUT2D eigenvalue weighted by atomic mass is 10.1. The molecule has 9 nitrogen and oxygen atoms in total. The lowest BCUT2D eigenvalue weighted by molar-refractivity contribution is -0.125. The molecule has 3 N–H and O–H groups in total. The summed E-state index contributed by atoms with van der Waals surface area (Å²) in [5.41, 5.74) is 8.21. The van der Waals surface area contributed by atoms with Crippen LogP contribution in [0, 0.1) is 11.6 Å². The number of para-hydroxylation sites is 2. The second kappa shape index (κ2) is 15.5. The Morgan fingerprint density at radius 1 is 0.756 bits per heavy atom. The number of anilines is 1. The summed E-state index contributed by atoms with van der Waals surface area (Å²) in [6.45, 7) is 0.399. The average molecular weight is 620 g/mol. The maximum Gasteiger partial charge on any atom is 0.227 e. The van der Waals surface area contributed by atoms with Gasteiger partial charge in [0.2, 0.25) is 17.6 Å². The van der Waals surface area contributed by atoms with E-state index >= 15 is 0 Å². The highest BCUT2D eigenvalue weighted by Gasteiger charge is 2.23. The third-order valence-electron chi connectivity index (χ3n) is 6.92. The number of nitrogens with two attached hydrogens (primary N) is 1. The fraction of sp³-hybridized carbons (Fsp3) is 0.235. The lowest BCUT2D eigenvalue weighted by Gasteiger charge is -2.26. The summed E-state index contributed by atoms with van der Waals surface area (Å²) in [4.78, 5) is 28.0. The molecule has 0 atom stereocenters. The highest BCUT2D eigenvalue weighted by Crippen LogP contribution is 2.40. The third kappa shape index (κ3) is 8.48. The van der Waals surface area contributed by atoms with Crippen molar-refractivity contribution in [2.45, 2.75) is 32.5 Å². The molecule has 45 heavy (non-hydrogen) atoms. The van der Waals surface area contributed by atoms with E-state index in [-0.39, 0.29) is 31.8 Å². The van der Waals surface area contributed by atoms with Crippen molar-refractivity contribution in [3.05, 3.63) is 107 Å². The molecule has 0 aliphatic heterocycles. The van der Waals surface area contributed by atoms with Crippen LogP contribution in [0.3, 0.4) is 0 Å². The number of carbonyl (C=O) groups excluding carboxylic acids is 2. The highest BCUT2D eigenvalue weighted by atomic mass is 19.2. The van der Waals surface area contributed by atoms with E-state index in [2.05, 4.69) is 5.32 Å². The molecular weight excluding hydrogens is 584 g/mol. The first-order valence-corrected chi connectivity index (χ1v) is 14.1. The molecule has 0 bridgehead atoms. The number of amides is 2. The van der Waals surface area contributed by atoms with Crippen molar-refractivity contribution in [1.82, 2.24) is 5.32 Å². The molecule has 0 fully saturated rings. The summed E-state index contributed by atoms with van der Waals surface area (Å²) >= 11 is 0. The Morgan fingerprint density at radius 3 is 2.16 bits per heavy atom. The zero-order valence-corrected chi connectivity index (χ0v) is 25.3.